The molecular formula is C18H19N5O2S. The quantitative estimate of drug-likeness (QED) is 0.705. The van der Waals surface area contributed by atoms with Crippen molar-refractivity contribution >= 4 is 10.0 Å². The fraction of sp³-hybridized carbons (Fsp3) is 0.278. The van der Waals surface area contributed by atoms with Crippen LogP contribution in [0.25, 0.3) is 11.4 Å². The number of pyridine rings is 1. The number of hydrogen-bond acceptors (Lipinski definition) is 5. The predicted molar refractivity (Wildman–Crippen MR) is 96.8 cm³/mol. The second-order valence-corrected chi connectivity index (χ2v) is 8.23. The van der Waals surface area contributed by atoms with Crippen molar-refractivity contribution in [3.05, 3.63) is 60.7 Å². The molecule has 4 rings (SSSR count). The molecular weight excluding hydrogens is 350 g/mol. The largest absolute Gasteiger partial charge is 0.263 e. The van der Waals surface area contributed by atoms with E-state index in [2.05, 4.69) is 15.1 Å². The Morgan fingerprint density at radius 2 is 1.92 bits per heavy atom. The minimum absolute atomic E-state index is 0.0218. The molecule has 26 heavy (non-hydrogen) atoms. The summed E-state index contributed by atoms with van der Waals surface area (Å²) in [5.41, 5.74) is 0.951. The highest BCUT2D eigenvalue weighted by Gasteiger charge is 2.34. The average Bonchev–Trinajstić information content (AvgIpc) is 3.30. The minimum atomic E-state index is -3.53. The molecule has 1 aromatic carbocycles. The number of aromatic nitrogens is 4. The first-order chi connectivity index (χ1) is 12.6. The lowest BCUT2D eigenvalue weighted by molar-refractivity contribution is 0.429. The number of aryl methyl sites for hydroxylation is 1. The van der Waals surface area contributed by atoms with Gasteiger partial charge in [-0.3, -0.25) is 4.98 Å². The molecule has 8 heteroatoms. The maximum absolute atomic E-state index is 12.8. The molecule has 0 bridgehead atoms. The number of benzene rings is 1. The van der Waals surface area contributed by atoms with E-state index in [1.165, 1.54) is 10.5 Å². The zero-order chi connectivity index (χ0) is 18.1. The summed E-state index contributed by atoms with van der Waals surface area (Å²) in [5.74, 6) is 1.45. The van der Waals surface area contributed by atoms with E-state index in [0.717, 1.165) is 11.4 Å². The molecule has 1 fully saturated rings. The van der Waals surface area contributed by atoms with Crippen molar-refractivity contribution in [2.75, 3.05) is 13.1 Å². The van der Waals surface area contributed by atoms with Gasteiger partial charge in [0.1, 0.15) is 10.7 Å². The summed E-state index contributed by atoms with van der Waals surface area (Å²) >= 11 is 0. The summed E-state index contributed by atoms with van der Waals surface area (Å²) in [7, 11) is -3.53. The molecule has 1 aliphatic rings. The standard InChI is InChI=1S/C18H19N5O2S/c1-14-20-18(15-6-3-2-4-7-15)21-23(14)16-9-11-22(13-16)26(24,25)17-8-5-10-19-12-17/h2-8,10,12,16H,9,11,13H2,1H3/t16-/m0/s1. The van der Waals surface area contributed by atoms with Gasteiger partial charge in [0.05, 0.1) is 6.04 Å². The van der Waals surface area contributed by atoms with Gasteiger partial charge in [0, 0.05) is 31.0 Å². The summed E-state index contributed by atoms with van der Waals surface area (Å²) in [6, 6.07) is 13.0. The van der Waals surface area contributed by atoms with E-state index in [1.807, 2.05) is 41.9 Å². The van der Waals surface area contributed by atoms with Gasteiger partial charge in [0.2, 0.25) is 10.0 Å². The molecule has 0 aliphatic carbocycles. The van der Waals surface area contributed by atoms with Gasteiger partial charge >= 0.3 is 0 Å². The van der Waals surface area contributed by atoms with E-state index >= 15 is 0 Å². The van der Waals surface area contributed by atoms with Gasteiger partial charge in [-0.05, 0) is 25.5 Å². The third kappa shape index (κ3) is 3.02. The first kappa shape index (κ1) is 16.9. The fourth-order valence-electron chi connectivity index (χ4n) is 3.23. The van der Waals surface area contributed by atoms with Crippen molar-refractivity contribution < 1.29 is 8.42 Å². The topological polar surface area (TPSA) is 81.0 Å². The molecule has 3 heterocycles. The number of rotatable bonds is 4. The Hall–Kier alpha value is -2.58. The Balaban J connectivity index is 1.57. The molecule has 0 unspecified atom stereocenters. The predicted octanol–water partition coefficient (Wildman–Crippen LogP) is 2.28. The molecule has 0 radical (unpaired) electrons. The maximum Gasteiger partial charge on any atom is 0.244 e. The van der Waals surface area contributed by atoms with Gasteiger partial charge in [-0.2, -0.15) is 9.40 Å². The summed E-state index contributed by atoms with van der Waals surface area (Å²) in [4.78, 5) is 8.69. The molecule has 0 amide bonds. The van der Waals surface area contributed by atoms with Crippen LogP contribution in [-0.4, -0.2) is 45.6 Å². The van der Waals surface area contributed by atoms with E-state index < -0.39 is 10.0 Å². The fourth-order valence-corrected chi connectivity index (χ4v) is 4.69. The zero-order valence-electron chi connectivity index (χ0n) is 14.4. The van der Waals surface area contributed by atoms with Gasteiger partial charge in [0.15, 0.2) is 5.82 Å². The monoisotopic (exact) mass is 369 g/mol. The smallest absolute Gasteiger partial charge is 0.244 e. The minimum Gasteiger partial charge on any atom is -0.263 e. The zero-order valence-corrected chi connectivity index (χ0v) is 15.2. The molecule has 0 N–H and O–H groups in total. The van der Waals surface area contributed by atoms with Crippen molar-refractivity contribution in [2.24, 2.45) is 0 Å². The van der Waals surface area contributed by atoms with Crippen LogP contribution in [0.3, 0.4) is 0 Å². The molecule has 0 spiro atoms. The third-order valence-electron chi connectivity index (χ3n) is 4.58. The van der Waals surface area contributed by atoms with Crippen molar-refractivity contribution in [1.29, 1.82) is 0 Å². The number of sulfonamides is 1. The summed E-state index contributed by atoms with van der Waals surface area (Å²) in [6.07, 6.45) is 3.66. The second-order valence-electron chi connectivity index (χ2n) is 6.29. The van der Waals surface area contributed by atoms with Gasteiger partial charge in [0.25, 0.3) is 0 Å². The van der Waals surface area contributed by atoms with Crippen molar-refractivity contribution in [3.63, 3.8) is 0 Å². The van der Waals surface area contributed by atoms with Crippen molar-refractivity contribution in [1.82, 2.24) is 24.1 Å². The van der Waals surface area contributed by atoms with Crippen LogP contribution in [0.15, 0.2) is 59.8 Å². The van der Waals surface area contributed by atoms with Crippen LogP contribution in [0.1, 0.15) is 18.3 Å². The van der Waals surface area contributed by atoms with Crippen LogP contribution in [0.2, 0.25) is 0 Å². The number of hydrogen-bond donors (Lipinski definition) is 0. The first-order valence-corrected chi connectivity index (χ1v) is 9.88. The van der Waals surface area contributed by atoms with Gasteiger partial charge in [-0.1, -0.05) is 30.3 Å². The summed E-state index contributed by atoms with van der Waals surface area (Å²) < 4.78 is 28.9. The van der Waals surface area contributed by atoms with Crippen LogP contribution in [0.5, 0.6) is 0 Å². The van der Waals surface area contributed by atoms with Gasteiger partial charge in [-0.15, -0.1) is 0 Å². The Morgan fingerprint density at radius 1 is 1.12 bits per heavy atom. The maximum atomic E-state index is 12.8. The Labute approximate surface area is 152 Å². The van der Waals surface area contributed by atoms with E-state index in [0.29, 0.717) is 25.3 Å². The lowest BCUT2D eigenvalue weighted by atomic mass is 10.2. The Morgan fingerprint density at radius 3 is 2.65 bits per heavy atom. The Bertz CT molecular complexity index is 1000. The molecule has 0 saturated carbocycles. The third-order valence-corrected chi connectivity index (χ3v) is 6.43. The molecule has 134 valence electrons. The van der Waals surface area contributed by atoms with E-state index in [1.54, 1.807) is 18.3 Å². The highest BCUT2D eigenvalue weighted by Crippen LogP contribution is 2.28. The SMILES string of the molecule is Cc1nc(-c2ccccc2)nn1[C@H]1CCN(S(=O)(=O)c2cccnc2)C1. The van der Waals surface area contributed by atoms with Gasteiger partial charge < -0.3 is 0 Å². The van der Waals surface area contributed by atoms with Crippen molar-refractivity contribution in [2.45, 2.75) is 24.3 Å². The normalized spacial score (nSPS) is 18.3. The van der Waals surface area contributed by atoms with E-state index in [9.17, 15) is 8.42 Å². The highest BCUT2D eigenvalue weighted by atomic mass is 32.2. The second kappa shape index (κ2) is 6.62. The van der Waals surface area contributed by atoms with E-state index in [-0.39, 0.29) is 10.9 Å². The molecule has 3 aromatic rings. The highest BCUT2D eigenvalue weighted by molar-refractivity contribution is 7.89. The molecule has 1 aliphatic heterocycles. The van der Waals surface area contributed by atoms with Gasteiger partial charge in [-0.25, -0.2) is 18.1 Å². The van der Waals surface area contributed by atoms with Crippen LogP contribution >= 0.6 is 0 Å². The summed E-state index contributed by atoms with van der Waals surface area (Å²) in [5, 5.41) is 4.62. The van der Waals surface area contributed by atoms with Crippen LogP contribution in [0.4, 0.5) is 0 Å². The molecule has 1 atom stereocenters. The number of nitrogens with zero attached hydrogens (tertiary/aromatic N) is 5. The molecule has 1 saturated heterocycles. The van der Waals surface area contributed by atoms with E-state index in [4.69, 9.17) is 0 Å². The van der Waals surface area contributed by atoms with Crippen LogP contribution < -0.4 is 0 Å². The lowest BCUT2D eigenvalue weighted by Crippen LogP contribution is -2.29. The summed E-state index contributed by atoms with van der Waals surface area (Å²) in [6.45, 7) is 2.75. The van der Waals surface area contributed by atoms with Crippen LogP contribution in [-0.2, 0) is 10.0 Å². The first-order valence-electron chi connectivity index (χ1n) is 8.44. The lowest BCUT2D eigenvalue weighted by Gasteiger charge is -2.16. The Kier molecular flexibility index (Phi) is 4.29. The molecule has 2 aromatic heterocycles. The van der Waals surface area contributed by atoms with Crippen LogP contribution in [0, 0.1) is 6.92 Å². The van der Waals surface area contributed by atoms with Crippen molar-refractivity contribution in [3.8, 4) is 11.4 Å². The molecule has 7 nitrogen and oxygen atoms in total. The average molecular weight is 369 g/mol.